The first-order valence-corrected chi connectivity index (χ1v) is 4.55. The Morgan fingerprint density at radius 2 is 1.77 bits per heavy atom. The van der Waals surface area contributed by atoms with E-state index in [1.165, 1.54) is 0 Å². The van der Waals surface area contributed by atoms with Gasteiger partial charge < -0.3 is 5.11 Å². The predicted molar refractivity (Wildman–Crippen MR) is 56.3 cm³/mol. The molecule has 0 heterocycles. The van der Waals surface area contributed by atoms with Crippen molar-refractivity contribution in [3.8, 4) is 0 Å². The Morgan fingerprint density at radius 1 is 1.23 bits per heavy atom. The van der Waals surface area contributed by atoms with Gasteiger partial charge in [0.25, 0.3) is 0 Å². The van der Waals surface area contributed by atoms with E-state index < -0.39 is 6.10 Å². The van der Waals surface area contributed by atoms with Crippen molar-refractivity contribution in [1.29, 1.82) is 0 Å². The van der Waals surface area contributed by atoms with Crippen LogP contribution in [0.4, 0.5) is 0 Å². The average molecular weight is 176 g/mol. The molecule has 1 nitrogen and oxygen atoms in total. The lowest BCUT2D eigenvalue weighted by Gasteiger charge is -2.17. The van der Waals surface area contributed by atoms with E-state index in [0.717, 1.165) is 11.1 Å². The van der Waals surface area contributed by atoms with Crippen LogP contribution in [0.15, 0.2) is 36.9 Å². The van der Waals surface area contributed by atoms with Crippen molar-refractivity contribution in [3.63, 3.8) is 0 Å². The molecule has 0 bridgehead atoms. The van der Waals surface area contributed by atoms with Gasteiger partial charge in [-0.25, -0.2) is 0 Å². The van der Waals surface area contributed by atoms with E-state index in [1.54, 1.807) is 0 Å². The third-order valence-corrected chi connectivity index (χ3v) is 2.13. The van der Waals surface area contributed by atoms with E-state index >= 15 is 0 Å². The van der Waals surface area contributed by atoms with Crippen molar-refractivity contribution in [1.82, 2.24) is 0 Å². The van der Waals surface area contributed by atoms with Gasteiger partial charge in [-0.2, -0.15) is 0 Å². The summed E-state index contributed by atoms with van der Waals surface area (Å²) in [4.78, 5) is 0. The zero-order chi connectivity index (χ0) is 9.84. The monoisotopic (exact) mass is 176 g/mol. The first kappa shape index (κ1) is 10.0. The van der Waals surface area contributed by atoms with Crippen LogP contribution in [0.25, 0.3) is 5.57 Å². The molecule has 0 fully saturated rings. The SMILES string of the molecule is C=C(c1ccccc1)[C@H](O)C(C)C. The van der Waals surface area contributed by atoms with E-state index in [2.05, 4.69) is 6.58 Å². The Labute approximate surface area is 79.7 Å². The number of benzene rings is 1. The van der Waals surface area contributed by atoms with Crippen LogP contribution in [0.2, 0.25) is 0 Å². The molecular weight excluding hydrogens is 160 g/mol. The Morgan fingerprint density at radius 3 is 2.23 bits per heavy atom. The zero-order valence-electron chi connectivity index (χ0n) is 8.20. The fourth-order valence-electron chi connectivity index (χ4n) is 1.23. The summed E-state index contributed by atoms with van der Waals surface area (Å²) in [7, 11) is 0. The molecule has 0 amide bonds. The van der Waals surface area contributed by atoms with E-state index in [4.69, 9.17) is 0 Å². The summed E-state index contributed by atoms with van der Waals surface area (Å²) in [6, 6.07) is 9.79. The van der Waals surface area contributed by atoms with Gasteiger partial charge in [0.05, 0.1) is 6.10 Å². The fraction of sp³-hybridized carbons (Fsp3) is 0.333. The lowest BCUT2D eigenvalue weighted by atomic mass is 9.95. The first-order valence-electron chi connectivity index (χ1n) is 4.55. The molecule has 0 radical (unpaired) electrons. The van der Waals surface area contributed by atoms with Crippen LogP contribution in [0.3, 0.4) is 0 Å². The van der Waals surface area contributed by atoms with Crippen LogP contribution in [0, 0.1) is 5.92 Å². The van der Waals surface area contributed by atoms with E-state index in [1.807, 2.05) is 44.2 Å². The molecule has 1 aromatic rings. The van der Waals surface area contributed by atoms with Gasteiger partial charge >= 0.3 is 0 Å². The molecule has 0 spiro atoms. The molecule has 0 saturated heterocycles. The minimum Gasteiger partial charge on any atom is -0.388 e. The van der Waals surface area contributed by atoms with Gasteiger partial charge in [-0.15, -0.1) is 0 Å². The van der Waals surface area contributed by atoms with Crippen molar-refractivity contribution < 1.29 is 5.11 Å². The van der Waals surface area contributed by atoms with Gasteiger partial charge in [0.2, 0.25) is 0 Å². The molecule has 0 saturated carbocycles. The quantitative estimate of drug-likeness (QED) is 0.750. The highest BCUT2D eigenvalue weighted by atomic mass is 16.3. The number of hydrogen-bond acceptors (Lipinski definition) is 1. The molecular formula is C12H16O. The van der Waals surface area contributed by atoms with Crippen molar-refractivity contribution in [3.05, 3.63) is 42.5 Å². The highest BCUT2D eigenvalue weighted by Gasteiger charge is 2.13. The van der Waals surface area contributed by atoms with Crippen LogP contribution in [0.5, 0.6) is 0 Å². The summed E-state index contributed by atoms with van der Waals surface area (Å²) in [6.45, 7) is 7.87. The number of hydrogen-bond donors (Lipinski definition) is 1. The lowest BCUT2D eigenvalue weighted by Crippen LogP contribution is -2.15. The summed E-state index contributed by atoms with van der Waals surface area (Å²) >= 11 is 0. The van der Waals surface area contributed by atoms with E-state index in [9.17, 15) is 5.11 Å². The molecule has 0 aliphatic rings. The molecule has 13 heavy (non-hydrogen) atoms. The highest BCUT2D eigenvalue weighted by Crippen LogP contribution is 2.20. The second-order valence-electron chi connectivity index (χ2n) is 3.58. The second-order valence-corrected chi connectivity index (χ2v) is 3.58. The Kier molecular flexibility index (Phi) is 3.26. The molecule has 1 rings (SSSR count). The molecule has 0 aromatic heterocycles. The maximum Gasteiger partial charge on any atom is 0.0812 e. The lowest BCUT2D eigenvalue weighted by molar-refractivity contribution is 0.181. The largest absolute Gasteiger partial charge is 0.388 e. The van der Waals surface area contributed by atoms with E-state index in [0.29, 0.717) is 0 Å². The number of rotatable bonds is 3. The minimum atomic E-state index is -0.442. The molecule has 1 N–H and O–H groups in total. The normalized spacial score (nSPS) is 12.9. The predicted octanol–water partition coefficient (Wildman–Crippen LogP) is 2.72. The summed E-state index contributed by atoms with van der Waals surface area (Å²) in [5, 5.41) is 9.75. The maximum atomic E-state index is 9.75. The van der Waals surface area contributed by atoms with Crippen LogP contribution >= 0.6 is 0 Å². The van der Waals surface area contributed by atoms with Gasteiger partial charge in [-0.3, -0.25) is 0 Å². The van der Waals surface area contributed by atoms with Crippen LogP contribution < -0.4 is 0 Å². The van der Waals surface area contributed by atoms with Crippen molar-refractivity contribution >= 4 is 5.57 Å². The van der Waals surface area contributed by atoms with Gasteiger partial charge in [0.1, 0.15) is 0 Å². The third-order valence-electron chi connectivity index (χ3n) is 2.13. The summed E-state index contributed by atoms with van der Waals surface area (Å²) in [5.74, 6) is 0.215. The molecule has 0 aliphatic carbocycles. The molecule has 70 valence electrons. The van der Waals surface area contributed by atoms with Crippen LogP contribution in [-0.4, -0.2) is 11.2 Å². The van der Waals surface area contributed by atoms with Crippen molar-refractivity contribution in [2.24, 2.45) is 5.92 Å². The fourth-order valence-corrected chi connectivity index (χ4v) is 1.23. The Hall–Kier alpha value is -1.08. The molecule has 0 aliphatic heterocycles. The van der Waals surface area contributed by atoms with Crippen LogP contribution in [0.1, 0.15) is 19.4 Å². The van der Waals surface area contributed by atoms with Gasteiger partial charge in [-0.1, -0.05) is 50.8 Å². The molecule has 1 heteroatoms. The molecule has 1 aromatic carbocycles. The summed E-state index contributed by atoms with van der Waals surface area (Å²) in [6.07, 6.45) is -0.442. The minimum absolute atomic E-state index is 0.215. The smallest absolute Gasteiger partial charge is 0.0812 e. The summed E-state index contributed by atoms with van der Waals surface area (Å²) in [5.41, 5.74) is 1.82. The van der Waals surface area contributed by atoms with Crippen LogP contribution in [-0.2, 0) is 0 Å². The molecule has 0 unspecified atom stereocenters. The first-order chi connectivity index (χ1) is 6.13. The van der Waals surface area contributed by atoms with E-state index in [-0.39, 0.29) is 5.92 Å². The Bertz CT molecular complexity index is 274. The van der Waals surface area contributed by atoms with Gasteiger partial charge in [0, 0.05) is 0 Å². The van der Waals surface area contributed by atoms with Gasteiger partial charge in [0.15, 0.2) is 0 Å². The van der Waals surface area contributed by atoms with Crippen molar-refractivity contribution in [2.75, 3.05) is 0 Å². The highest BCUT2D eigenvalue weighted by molar-refractivity contribution is 5.66. The van der Waals surface area contributed by atoms with Gasteiger partial charge in [-0.05, 0) is 17.1 Å². The topological polar surface area (TPSA) is 20.2 Å². The zero-order valence-corrected chi connectivity index (χ0v) is 8.20. The third kappa shape index (κ3) is 2.43. The standard InChI is InChI=1S/C12H16O/c1-9(2)12(13)10(3)11-7-5-4-6-8-11/h4-9,12-13H,3H2,1-2H3/t12-/m1/s1. The average Bonchev–Trinajstić information content (AvgIpc) is 2.17. The Balaban J connectivity index is 2.80. The molecule has 1 atom stereocenters. The number of aliphatic hydroxyl groups excluding tert-OH is 1. The maximum absolute atomic E-state index is 9.75. The van der Waals surface area contributed by atoms with Crippen molar-refractivity contribution in [2.45, 2.75) is 20.0 Å². The summed E-state index contributed by atoms with van der Waals surface area (Å²) < 4.78 is 0. The second kappa shape index (κ2) is 4.24. The number of aliphatic hydroxyl groups is 1.